The maximum atomic E-state index is 5.82. The minimum atomic E-state index is 0.823. The van der Waals surface area contributed by atoms with Gasteiger partial charge in [0.15, 0.2) is 0 Å². The molecule has 1 nitrogen and oxygen atoms in total. The monoisotopic (exact) mass is 434 g/mol. The van der Waals surface area contributed by atoms with E-state index in [1.54, 1.807) is 0 Å². The van der Waals surface area contributed by atoms with E-state index in [9.17, 15) is 0 Å². The fraction of sp³-hybridized carbons (Fsp3) is 0.364. The van der Waals surface area contributed by atoms with Crippen molar-refractivity contribution in [2.45, 2.75) is 45.4 Å². The molecule has 0 N–H and O–H groups in total. The molecule has 0 fully saturated rings. The van der Waals surface area contributed by atoms with Crippen LogP contribution in [0.1, 0.15) is 56.6 Å². The molecule has 0 atom stereocenters. The Morgan fingerprint density at radius 3 is 1.92 bits per heavy atom. The first-order valence-electron chi connectivity index (χ1n) is 8.94. The summed E-state index contributed by atoms with van der Waals surface area (Å²) in [5.74, 6) is 0.968. The van der Waals surface area contributed by atoms with E-state index in [4.69, 9.17) is 4.74 Å². The van der Waals surface area contributed by atoms with E-state index in [2.05, 4.69) is 90.2 Å². The van der Waals surface area contributed by atoms with Crippen molar-refractivity contribution in [2.24, 2.45) is 0 Å². The van der Waals surface area contributed by atoms with Crippen LogP contribution in [0.15, 0.2) is 48.5 Å². The minimum Gasteiger partial charge on any atom is -0.494 e. The van der Waals surface area contributed by atoms with Crippen molar-refractivity contribution < 1.29 is 4.74 Å². The van der Waals surface area contributed by atoms with Crippen molar-refractivity contribution in [1.82, 2.24) is 0 Å². The topological polar surface area (TPSA) is 9.23 Å². The van der Waals surface area contributed by atoms with E-state index in [0.29, 0.717) is 0 Å². The quantitative estimate of drug-likeness (QED) is 0.218. The summed E-state index contributed by atoms with van der Waals surface area (Å²) in [7, 11) is 0. The highest BCUT2D eigenvalue weighted by Crippen LogP contribution is 2.16. The molecule has 0 unspecified atom stereocenters. The van der Waals surface area contributed by atoms with Crippen molar-refractivity contribution in [3.63, 3.8) is 0 Å². The largest absolute Gasteiger partial charge is 0.494 e. The lowest BCUT2D eigenvalue weighted by molar-refractivity contribution is 0.304. The van der Waals surface area contributed by atoms with Crippen molar-refractivity contribution in [3.8, 4) is 5.75 Å². The van der Waals surface area contributed by atoms with E-state index in [-0.39, 0.29) is 0 Å². The number of ether oxygens (including phenoxy) is 1. The summed E-state index contributed by atoms with van der Waals surface area (Å²) in [6.07, 6.45) is 12.1. The van der Waals surface area contributed by atoms with Crippen LogP contribution in [0.25, 0.3) is 12.2 Å². The first-order valence-corrected chi connectivity index (χ1v) is 10.0. The Kier molecular flexibility index (Phi) is 8.96. The Morgan fingerprint density at radius 1 is 0.750 bits per heavy atom. The predicted molar refractivity (Wildman–Crippen MR) is 113 cm³/mol. The van der Waals surface area contributed by atoms with Gasteiger partial charge in [0, 0.05) is 3.57 Å². The summed E-state index contributed by atoms with van der Waals surface area (Å²) in [5.41, 5.74) is 2.42. The SMILES string of the molecule is CCCCCCCCOc1ccc(/C=C/c2ccc(I)cc2)cc1. The normalized spacial score (nSPS) is 11.1. The summed E-state index contributed by atoms with van der Waals surface area (Å²) in [6.45, 7) is 3.08. The molecule has 2 aromatic carbocycles. The van der Waals surface area contributed by atoms with Crippen molar-refractivity contribution in [3.05, 3.63) is 63.2 Å². The fourth-order valence-corrected chi connectivity index (χ4v) is 2.87. The van der Waals surface area contributed by atoms with E-state index < -0.39 is 0 Å². The lowest BCUT2D eigenvalue weighted by atomic mass is 10.1. The Hall–Kier alpha value is -1.29. The summed E-state index contributed by atoms with van der Waals surface area (Å²) >= 11 is 2.32. The molecule has 0 aliphatic carbocycles. The number of hydrogen-bond acceptors (Lipinski definition) is 1. The molecule has 0 heterocycles. The van der Waals surface area contributed by atoms with Gasteiger partial charge in [-0.3, -0.25) is 0 Å². The van der Waals surface area contributed by atoms with Crippen LogP contribution in [0.5, 0.6) is 5.75 Å². The fourth-order valence-electron chi connectivity index (χ4n) is 2.51. The van der Waals surface area contributed by atoms with Gasteiger partial charge in [-0.1, -0.05) is 75.4 Å². The van der Waals surface area contributed by atoms with Crippen LogP contribution in [-0.4, -0.2) is 6.61 Å². The highest BCUT2D eigenvalue weighted by Gasteiger charge is 1.95. The third-order valence-electron chi connectivity index (χ3n) is 3.98. The van der Waals surface area contributed by atoms with Gasteiger partial charge in [0.25, 0.3) is 0 Å². The molecule has 2 aromatic rings. The first kappa shape index (κ1) is 19.0. The average Bonchev–Trinajstić information content (AvgIpc) is 2.61. The average molecular weight is 434 g/mol. The highest BCUT2D eigenvalue weighted by atomic mass is 127. The van der Waals surface area contributed by atoms with Gasteiger partial charge in [-0.15, -0.1) is 0 Å². The Labute approximate surface area is 160 Å². The Bertz CT molecular complexity index is 599. The maximum Gasteiger partial charge on any atom is 0.119 e. The zero-order valence-corrected chi connectivity index (χ0v) is 16.7. The Morgan fingerprint density at radius 2 is 1.29 bits per heavy atom. The number of unbranched alkanes of at least 4 members (excludes halogenated alkanes) is 5. The van der Waals surface area contributed by atoms with Crippen LogP contribution < -0.4 is 4.74 Å². The van der Waals surface area contributed by atoms with Crippen LogP contribution in [-0.2, 0) is 0 Å². The van der Waals surface area contributed by atoms with Gasteiger partial charge < -0.3 is 4.74 Å². The summed E-state index contributed by atoms with van der Waals surface area (Å²) in [6, 6.07) is 16.9. The zero-order chi connectivity index (χ0) is 17.0. The second-order valence-corrected chi connectivity index (χ2v) is 7.32. The third kappa shape index (κ3) is 7.52. The van der Waals surface area contributed by atoms with Gasteiger partial charge in [0.1, 0.15) is 5.75 Å². The molecule has 24 heavy (non-hydrogen) atoms. The van der Waals surface area contributed by atoms with E-state index in [1.807, 2.05) is 0 Å². The lowest BCUT2D eigenvalue weighted by Crippen LogP contribution is -1.97. The standard InChI is InChI=1S/C22H27IO/c1-2-3-4-5-6-7-18-24-22-16-12-20(13-17-22)9-8-19-10-14-21(23)15-11-19/h8-17H,2-7,18H2,1H3/b9-8+. The second kappa shape index (κ2) is 11.3. The molecule has 0 spiro atoms. The number of hydrogen-bond donors (Lipinski definition) is 0. The minimum absolute atomic E-state index is 0.823. The summed E-state index contributed by atoms with van der Waals surface area (Å²) in [4.78, 5) is 0. The molecular formula is C22H27IO. The molecule has 0 radical (unpaired) electrons. The summed E-state index contributed by atoms with van der Waals surface area (Å²) < 4.78 is 7.08. The van der Waals surface area contributed by atoms with Crippen LogP contribution in [0.3, 0.4) is 0 Å². The van der Waals surface area contributed by atoms with Gasteiger partial charge in [-0.05, 0) is 64.4 Å². The van der Waals surface area contributed by atoms with Gasteiger partial charge in [-0.25, -0.2) is 0 Å². The number of benzene rings is 2. The molecule has 2 rings (SSSR count). The highest BCUT2D eigenvalue weighted by molar-refractivity contribution is 14.1. The number of halogens is 1. The third-order valence-corrected chi connectivity index (χ3v) is 4.70. The molecule has 0 amide bonds. The smallest absolute Gasteiger partial charge is 0.119 e. The van der Waals surface area contributed by atoms with Gasteiger partial charge in [0.05, 0.1) is 6.61 Å². The van der Waals surface area contributed by atoms with Crippen molar-refractivity contribution in [1.29, 1.82) is 0 Å². The predicted octanol–water partition coefficient (Wildman–Crippen LogP) is 7.20. The molecule has 128 valence electrons. The number of rotatable bonds is 10. The van der Waals surface area contributed by atoms with Gasteiger partial charge in [-0.2, -0.15) is 0 Å². The Balaban J connectivity index is 1.71. The van der Waals surface area contributed by atoms with Crippen LogP contribution in [0.2, 0.25) is 0 Å². The lowest BCUT2D eigenvalue weighted by Gasteiger charge is -2.06. The van der Waals surface area contributed by atoms with Crippen molar-refractivity contribution in [2.75, 3.05) is 6.61 Å². The molecular weight excluding hydrogens is 407 g/mol. The van der Waals surface area contributed by atoms with E-state index in [0.717, 1.165) is 18.8 Å². The molecule has 0 aliphatic rings. The maximum absolute atomic E-state index is 5.82. The van der Waals surface area contributed by atoms with Crippen LogP contribution in [0, 0.1) is 3.57 Å². The first-order chi connectivity index (χ1) is 11.8. The van der Waals surface area contributed by atoms with Gasteiger partial charge in [0.2, 0.25) is 0 Å². The molecule has 0 bridgehead atoms. The molecule has 0 aliphatic heterocycles. The molecule has 0 saturated carbocycles. The van der Waals surface area contributed by atoms with Crippen LogP contribution >= 0.6 is 22.6 Å². The zero-order valence-electron chi connectivity index (χ0n) is 14.5. The molecule has 0 saturated heterocycles. The van der Waals surface area contributed by atoms with E-state index >= 15 is 0 Å². The van der Waals surface area contributed by atoms with E-state index in [1.165, 1.54) is 46.8 Å². The van der Waals surface area contributed by atoms with Crippen molar-refractivity contribution >= 4 is 34.7 Å². The summed E-state index contributed by atoms with van der Waals surface area (Å²) in [5, 5.41) is 0. The molecule has 2 heteroatoms. The van der Waals surface area contributed by atoms with Gasteiger partial charge >= 0.3 is 0 Å². The second-order valence-electron chi connectivity index (χ2n) is 6.07. The van der Waals surface area contributed by atoms with Crippen LogP contribution in [0.4, 0.5) is 0 Å². The molecule has 0 aromatic heterocycles.